The number of aryl methyl sites for hydroxylation is 2. The molecule has 0 atom stereocenters. The highest BCUT2D eigenvalue weighted by Crippen LogP contribution is 2.31. The average molecular weight is 284 g/mol. The van der Waals surface area contributed by atoms with E-state index in [9.17, 15) is 13.2 Å². The number of halogens is 3. The van der Waals surface area contributed by atoms with Crippen molar-refractivity contribution in [2.45, 2.75) is 26.9 Å². The van der Waals surface area contributed by atoms with Gasteiger partial charge in [-0.25, -0.2) is 9.67 Å². The number of hydrogen-bond acceptors (Lipinski definition) is 3. The number of anilines is 1. The van der Waals surface area contributed by atoms with Crippen LogP contribution in [0.25, 0.3) is 5.82 Å². The van der Waals surface area contributed by atoms with Crippen molar-refractivity contribution < 1.29 is 13.2 Å². The lowest BCUT2D eigenvalue weighted by atomic mass is 10.2. The van der Waals surface area contributed by atoms with Gasteiger partial charge in [0.15, 0.2) is 5.82 Å². The molecule has 0 aliphatic carbocycles. The third-order valence-corrected chi connectivity index (χ3v) is 2.72. The molecule has 0 fully saturated rings. The Morgan fingerprint density at radius 2 is 1.90 bits per heavy atom. The van der Waals surface area contributed by atoms with E-state index in [0.29, 0.717) is 6.54 Å². The Morgan fingerprint density at radius 3 is 2.40 bits per heavy atom. The fourth-order valence-corrected chi connectivity index (χ4v) is 1.92. The van der Waals surface area contributed by atoms with Gasteiger partial charge in [0, 0.05) is 12.2 Å². The molecule has 108 valence electrons. The van der Waals surface area contributed by atoms with E-state index in [4.69, 9.17) is 0 Å². The summed E-state index contributed by atoms with van der Waals surface area (Å²) in [7, 11) is 0. The first kappa shape index (κ1) is 14.4. The SMILES string of the molecule is CCNc1cc(C(F)(F)F)cc(-n2nc(C)cc2C)n1. The van der Waals surface area contributed by atoms with Gasteiger partial charge in [0.05, 0.1) is 11.3 Å². The lowest BCUT2D eigenvalue weighted by Crippen LogP contribution is -2.12. The molecule has 0 amide bonds. The Balaban J connectivity index is 2.57. The first-order valence-electron chi connectivity index (χ1n) is 6.18. The summed E-state index contributed by atoms with van der Waals surface area (Å²) < 4.78 is 40.2. The second kappa shape index (κ2) is 5.15. The van der Waals surface area contributed by atoms with Gasteiger partial charge >= 0.3 is 6.18 Å². The minimum Gasteiger partial charge on any atom is -0.370 e. The largest absolute Gasteiger partial charge is 0.416 e. The van der Waals surface area contributed by atoms with Crippen LogP contribution in [-0.2, 0) is 6.18 Å². The first-order chi connectivity index (χ1) is 9.31. The van der Waals surface area contributed by atoms with Crippen molar-refractivity contribution >= 4 is 5.82 Å². The lowest BCUT2D eigenvalue weighted by molar-refractivity contribution is -0.137. The minimum absolute atomic E-state index is 0.154. The van der Waals surface area contributed by atoms with Crippen molar-refractivity contribution in [3.05, 3.63) is 35.2 Å². The summed E-state index contributed by atoms with van der Waals surface area (Å²) >= 11 is 0. The van der Waals surface area contributed by atoms with Crippen LogP contribution < -0.4 is 5.32 Å². The van der Waals surface area contributed by atoms with Crippen molar-refractivity contribution in [1.29, 1.82) is 0 Å². The Hall–Kier alpha value is -2.05. The van der Waals surface area contributed by atoms with Gasteiger partial charge < -0.3 is 5.32 Å². The minimum atomic E-state index is -4.42. The third-order valence-electron chi connectivity index (χ3n) is 2.72. The van der Waals surface area contributed by atoms with E-state index in [2.05, 4.69) is 15.4 Å². The van der Waals surface area contributed by atoms with Crippen molar-refractivity contribution in [2.24, 2.45) is 0 Å². The molecule has 4 nitrogen and oxygen atoms in total. The number of nitrogens with one attached hydrogen (secondary N) is 1. The molecule has 0 bridgehead atoms. The number of pyridine rings is 1. The molecule has 0 aromatic carbocycles. The van der Waals surface area contributed by atoms with E-state index in [1.54, 1.807) is 26.8 Å². The molecule has 20 heavy (non-hydrogen) atoms. The van der Waals surface area contributed by atoms with Gasteiger partial charge in [-0.15, -0.1) is 0 Å². The van der Waals surface area contributed by atoms with Crippen LogP contribution >= 0.6 is 0 Å². The Labute approximate surface area is 114 Å². The zero-order chi connectivity index (χ0) is 14.9. The zero-order valence-electron chi connectivity index (χ0n) is 11.4. The third kappa shape index (κ3) is 2.92. The molecule has 0 aliphatic rings. The van der Waals surface area contributed by atoms with Gasteiger partial charge in [-0.3, -0.25) is 0 Å². The standard InChI is InChI=1S/C13H15F3N4/c1-4-17-11-6-10(13(14,15)16)7-12(18-11)20-9(3)5-8(2)19-20/h5-7H,4H2,1-3H3,(H,17,18). The van der Waals surface area contributed by atoms with Crippen LogP contribution in [0.1, 0.15) is 23.9 Å². The predicted molar refractivity (Wildman–Crippen MR) is 70.0 cm³/mol. The van der Waals surface area contributed by atoms with Gasteiger partial charge in [0.1, 0.15) is 5.82 Å². The zero-order valence-corrected chi connectivity index (χ0v) is 11.4. The summed E-state index contributed by atoms with van der Waals surface area (Å²) in [5, 5.41) is 6.97. The summed E-state index contributed by atoms with van der Waals surface area (Å²) in [6, 6.07) is 3.79. The van der Waals surface area contributed by atoms with Crippen molar-refractivity contribution in [2.75, 3.05) is 11.9 Å². The van der Waals surface area contributed by atoms with Crippen molar-refractivity contribution in [3.8, 4) is 5.82 Å². The highest BCUT2D eigenvalue weighted by molar-refractivity contribution is 5.45. The van der Waals surface area contributed by atoms with E-state index in [0.717, 1.165) is 23.5 Å². The first-order valence-corrected chi connectivity index (χ1v) is 6.18. The molecule has 2 aromatic rings. The van der Waals surface area contributed by atoms with Crippen LogP contribution in [0.15, 0.2) is 18.2 Å². The van der Waals surface area contributed by atoms with Crippen molar-refractivity contribution in [3.63, 3.8) is 0 Å². The molecular formula is C13H15F3N4. The normalized spacial score (nSPS) is 11.7. The maximum Gasteiger partial charge on any atom is 0.416 e. The number of aromatic nitrogens is 3. The van der Waals surface area contributed by atoms with E-state index >= 15 is 0 Å². The predicted octanol–water partition coefficient (Wildman–Crippen LogP) is 3.33. The second-order valence-corrected chi connectivity index (χ2v) is 4.47. The smallest absolute Gasteiger partial charge is 0.370 e. The Morgan fingerprint density at radius 1 is 1.20 bits per heavy atom. The monoisotopic (exact) mass is 284 g/mol. The fraction of sp³-hybridized carbons (Fsp3) is 0.385. The topological polar surface area (TPSA) is 42.7 Å². The number of alkyl halides is 3. The second-order valence-electron chi connectivity index (χ2n) is 4.47. The Kier molecular flexibility index (Phi) is 3.69. The fourth-order valence-electron chi connectivity index (χ4n) is 1.92. The Bertz CT molecular complexity index is 617. The van der Waals surface area contributed by atoms with Gasteiger partial charge in [-0.1, -0.05) is 0 Å². The molecule has 0 radical (unpaired) electrons. The molecule has 2 rings (SSSR count). The molecule has 7 heteroatoms. The summed E-state index contributed by atoms with van der Waals surface area (Å²) in [5.41, 5.74) is 0.717. The number of hydrogen-bond donors (Lipinski definition) is 1. The molecule has 0 saturated heterocycles. The molecule has 1 N–H and O–H groups in total. The average Bonchev–Trinajstić information content (AvgIpc) is 2.67. The van der Waals surface area contributed by atoms with Crippen LogP contribution in [0.4, 0.5) is 19.0 Å². The van der Waals surface area contributed by atoms with E-state index < -0.39 is 11.7 Å². The molecule has 2 aromatic heterocycles. The van der Waals surface area contributed by atoms with E-state index in [1.807, 2.05) is 0 Å². The molecule has 0 unspecified atom stereocenters. The summed E-state index contributed by atoms with van der Waals surface area (Å²) in [6.07, 6.45) is -4.42. The maximum absolute atomic E-state index is 12.9. The van der Waals surface area contributed by atoms with Crippen LogP contribution in [0.2, 0.25) is 0 Å². The molecular weight excluding hydrogens is 269 g/mol. The quantitative estimate of drug-likeness (QED) is 0.940. The summed E-state index contributed by atoms with van der Waals surface area (Å²) in [4.78, 5) is 4.17. The van der Waals surface area contributed by atoms with E-state index in [1.165, 1.54) is 4.68 Å². The molecule has 0 saturated carbocycles. The summed E-state index contributed by atoms with van der Waals surface area (Å²) in [5.74, 6) is 0.339. The van der Waals surface area contributed by atoms with Gasteiger partial charge in [-0.2, -0.15) is 18.3 Å². The van der Waals surface area contributed by atoms with Crippen molar-refractivity contribution in [1.82, 2.24) is 14.8 Å². The van der Waals surface area contributed by atoms with Gasteiger partial charge in [0.2, 0.25) is 0 Å². The molecule has 2 heterocycles. The number of nitrogens with zero attached hydrogens (tertiary/aromatic N) is 3. The van der Waals surface area contributed by atoms with Gasteiger partial charge in [0.25, 0.3) is 0 Å². The lowest BCUT2D eigenvalue weighted by Gasteiger charge is -2.12. The van der Waals surface area contributed by atoms with Crippen LogP contribution in [-0.4, -0.2) is 21.3 Å². The van der Waals surface area contributed by atoms with Crippen LogP contribution in [0, 0.1) is 13.8 Å². The maximum atomic E-state index is 12.9. The van der Waals surface area contributed by atoms with E-state index in [-0.39, 0.29) is 11.6 Å². The highest BCUT2D eigenvalue weighted by atomic mass is 19.4. The van der Waals surface area contributed by atoms with Crippen LogP contribution in [0.5, 0.6) is 0 Å². The highest BCUT2D eigenvalue weighted by Gasteiger charge is 2.32. The molecule has 0 spiro atoms. The number of rotatable bonds is 3. The molecule has 0 aliphatic heterocycles. The van der Waals surface area contributed by atoms with Crippen LogP contribution in [0.3, 0.4) is 0 Å². The summed E-state index contributed by atoms with van der Waals surface area (Å²) in [6.45, 7) is 5.84. The van der Waals surface area contributed by atoms with Gasteiger partial charge in [-0.05, 0) is 39.0 Å².